The molecule has 0 unspecified atom stereocenters. The number of benzene rings is 3. The van der Waals surface area contributed by atoms with Crippen LogP contribution in [0.25, 0.3) is 32.9 Å². The van der Waals surface area contributed by atoms with Crippen LogP contribution >= 0.6 is 0 Å². The number of para-hydroxylation sites is 3. The van der Waals surface area contributed by atoms with Crippen molar-refractivity contribution in [1.82, 2.24) is 4.98 Å². The molecule has 0 amide bonds. The summed E-state index contributed by atoms with van der Waals surface area (Å²) in [5.41, 5.74) is 3.56. The summed E-state index contributed by atoms with van der Waals surface area (Å²) in [5, 5.41) is 27.7. The van der Waals surface area contributed by atoms with Gasteiger partial charge in [0.25, 0.3) is 5.69 Å². The molecular formula is C18H15BN2O4. The molecule has 124 valence electrons. The summed E-state index contributed by atoms with van der Waals surface area (Å²) in [4.78, 5) is 14.4. The Bertz CT molecular complexity index is 1050. The molecule has 0 bridgehead atoms. The molecule has 0 fully saturated rings. The summed E-state index contributed by atoms with van der Waals surface area (Å²) in [5.74, 6) is 0. The zero-order valence-corrected chi connectivity index (χ0v) is 13.2. The van der Waals surface area contributed by atoms with Gasteiger partial charge in [0, 0.05) is 27.9 Å². The summed E-state index contributed by atoms with van der Waals surface area (Å²) in [7, 11) is -0.750. The highest BCUT2D eigenvalue weighted by molar-refractivity contribution is 6.13. The molecule has 0 saturated heterocycles. The van der Waals surface area contributed by atoms with Crippen molar-refractivity contribution < 1.29 is 15.0 Å². The van der Waals surface area contributed by atoms with Crippen LogP contribution in [0.4, 0.5) is 5.69 Å². The highest BCUT2D eigenvalue weighted by Crippen LogP contribution is 2.36. The van der Waals surface area contributed by atoms with Crippen LogP contribution in [0, 0.1) is 10.1 Å². The van der Waals surface area contributed by atoms with Gasteiger partial charge in [0.1, 0.15) is 0 Å². The third-order valence-corrected chi connectivity index (χ3v) is 3.93. The maximum Gasteiger partial charge on any atom is 0.432 e. The Balaban J connectivity index is 0.000000569. The van der Waals surface area contributed by atoms with Crippen molar-refractivity contribution in [3.63, 3.8) is 0 Å². The van der Waals surface area contributed by atoms with Gasteiger partial charge in [-0.3, -0.25) is 10.1 Å². The summed E-state index contributed by atoms with van der Waals surface area (Å²) in [6, 6.07) is 20.8. The van der Waals surface area contributed by atoms with Crippen LogP contribution in [0.3, 0.4) is 0 Å². The Morgan fingerprint density at radius 3 is 2.20 bits per heavy atom. The number of rotatable bonds is 2. The van der Waals surface area contributed by atoms with Gasteiger partial charge in [0.05, 0.1) is 16.0 Å². The van der Waals surface area contributed by atoms with Crippen LogP contribution in [0.5, 0.6) is 0 Å². The first-order valence-corrected chi connectivity index (χ1v) is 7.62. The van der Waals surface area contributed by atoms with Crippen LogP contribution < -0.4 is 0 Å². The van der Waals surface area contributed by atoms with Gasteiger partial charge in [-0.15, -0.1) is 0 Å². The Morgan fingerprint density at radius 2 is 1.44 bits per heavy atom. The molecule has 4 aromatic rings. The van der Waals surface area contributed by atoms with Crippen molar-refractivity contribution in [3.05, 3.63) is 76.8 Å². The van der Waals surface area contributed by atoms with E-state index in [0.29, 0.717) is 5.56 Å². The van der Waals surface area contributed by atoms with E-state index >= 15 is 0 Å². The van der Waals surface area contributed by atoms with Gasteiger partial charge < -0.3 is 15.0 Å². The first-order valence-electron chi connectivity index (χ1n) is 7.62. The molecule has 0 saturated carbocycles. The number of nitrogens with one attached hydrogen (secondary N) is 1. The highest BCUT2D eigenvalue weighted by atomic mass is 16.6. The molecule has 3 aromatic carbocycles. The summed E-state index contributed by atoms with van der Waals surface area (Å²) in [6.07, 6.45) is 0. The van der Waals surface area contributed by atoms with E-state index < -0.39 is 7.69 Å². The van der Waals surface area contributed by atoms with Crippen molar-refractivity contribution >= 4 is 35.2 Å². The number of fused-ring (bicyclic) bond motifs is 3. The van der Waals surface area contributed by atoms with Gasteiger partial charge in [0.2, 0.25) is 0 Å². The second kappa shape index (κ2) is 7.17. The SMILES string of the molecule is O=[N+]([O-])c1ccccc1-c1cccc2c1[nH]c1ccccc12.OBO. The van der Waals surface area contributed by atoms with Gasteiger partial charge in [-0.25, -0.2) is 0 Å². The van der Waals surface area contributed by atoms with E-state index in [-0.39, 0.29) is 10.6 Å². The van der Waals surface area contributed by atoms with Gasteiger partial charge in [-0.05, 0) is 12.1 Å². The predicted octanol–water partition coefficient (Wildman–Crippen LogP) is 3.13. The first-order chi connectivity index (χ1) is 12.2. The maximum absolute atomic E-state index is 11.3. The lowest BCUT2D eigenvalue weighted by molar-refractivity contribution is -0.384. The third-order valence-electron chi connectivity index (χ3n) is 3.93. The second-order valence-electron chi connectivity index (χ2n) is 5.31. The van der Waals surface area contributed by atoms with Crippen molar-refractivity contribution in [3.8, 4) is 11.1 Å². The average Bonchev–Trinajstić information content (AvgIpc) is 3.01. The van der Waals surface area contributed by atoms with Gasteiger partial charge >= 0.3 is 7.69 Å². The molecule has 1 heterocycles. The fourth-order valence-electron chi connectivity index (χ4n) is 2.96. The molecule has 6 nitrogen and oxygen atoms in total. The van der Waals surface area contributed by atoms with Crippen molar-refractivity contribution in [2.75, 3.05) is 0 Å². The summed E-state index contributed by atoms with van der Waals surface area (Å²) >= 11 is 0. The minimum Gasteiger partial charge on any atom is -0.430 e. The van der Waals surface area contributed by atoms with Gasteiger partial charge in [0.15, 0.2) is 0 Å². The molecule has 4 rings (SSSR count). The Hall–Kier alpha value is -3.16. The Labute approximate surface area is 143 Å². The molecular weight excluding hydrogens is 319 g/mol. The minimum absolute atomic E-state index is 0.119. The van der Waals surface area contributed by atoms with Crippen LogP contribution in [-0.2, 0) is 0 Å². The van der Waals surface area contributed by atoms with Gasteiger partial charge in [-0.1, -0.05) is 48.5 Å². The number of nitro groups is 1. The molecule has 7 heteroatoms. The first kappa shape index (κ1) is 16.7. The smallest absolute Gasteiger partial charge is 0.430 e. The Kier molecular flexibility index (Phi) is 4.79. The van der Waals surface area contributed by atoms with Crippen molar-refractivity contribution in [1.29, 1.82) is 0 Å². The van der Waals surface area contributed by atoms with E-state index in [1.165, 1.54) is 6.07 Å². The number of H-pyrrole nitrogens is 1. The van der Waals surface area contributed by atoms with E-state index in [2.05, 4.69) is 11.1 Å². The lowest BCUT2D eigenvalue weighted by atomic mass is 10.0. The van der Waals surface area contributed by atoms with Gasteiger partial charge in [-0.2, -0.15) is 0 Å². The molecule has 0 atom stereocenters. The molecule has 0 aliphatic rings. The van der Waals surface area contributed by atoms with Crippen LogP contribution in [0.1, 0.15) is 0 Å². The van der Waals surface area contributed by atoms with Crippen molar-refractivity contribution in [2.45, 2.75) is 0 Å². The molecule has 0 aliphatic heterocycles. The van der Waals surface area contributed by atoms with E-state index in [1.54, 1.807) is 12.1 Å². The quantitative estimate of drug-likeness (QED) is 0.298. The van der Waals surface area contributed by atoms with E-state index in [4.69, 9.17) is 10.0 Å². The normalized spacial score (nSPS) is 10.3. The minimum atomic E-state index is -0.750. The zero-order valence-electron chi connectivity index (χ0n) is 13.2. The molecule has 1 aromatic heterocycles. The number of hydrogen-bond donors (Lipinski definition) is 3. The highest BCUT2D eigenvalue weighted by Gasteiger charge is 2.17. The van der Waals surface area contributed by atoms with Crippen LogP contribution in [0.2, 0.25) is 0 Å². The number of aromatic nitrogens is 1. The van der Waals surface area contributed by atoms with Crippen LogP contribution in [0.15, 0.2) is 66.7 Å². The van der Waals surface area contributed by atoms with Crippen molar-refractivity contribution in [2.24, 2.45) is 0 Å². The van der Waals surface area contributed by atoms with E-state index in [0.717, 1.165) is 27.4 Å². The number of nitrogens with zero attached hydrogens (tertiary/aromatic N) is 1. The number of nitro benzene ring substituents is 1. The zero-order chi connectivity index (χ0) is 17.8. The lowest BCUT2D eigenvalue weighted by Gasteiger charge is -2.04. The van der Waals surface area contributed by atoms with E-state index in [9.17, 15) is 10.1 Å². The predicted molar refractivity (Wildman–Crippen MR) is 99.5 cm³/mol. The van der Waals surface area contributed by atoms with Crippen LogP contribution in [-0.4, -0.2) is 27.6 Å². The molecule has 3 N–H and O–H groups in total. The number of aromatic amines is 1. The topological polar surface area (TPSA) is 99.4 Å². The molecule has 0 aliphatic carbocycles. The van der Waals surface area contributed by atoms with E-state index in [1.807, 2.05) is 42.5 Å². The molecule has 0 radical (unpaired) electrons. The lowest BCUT2D eigenvalue weighted by Crippen LogP contribution is -1.92. The fourth-order valence-corrected chi connectivity index (χ4v) is 2.96. The monoisotopic (exact) mass is 334 g/mol. The summed E-state index contributed by atoms with van der Waals surface area (Å²) in [6.45, 7) is 0. The molecule has 0 spiro atoms. The molecule has 25 heavy (non-hydrogen) atoms. The largest absolute Gasteiger partial charge is 0.432 e. The fraction of sp³-hybridized carbons (Fsp3) is 0. The second-order valence-corrected chi connectivity index (χ2v) is 5.31. The standard InChI is InChI=1S/C18H12N2O2.BH3O2/c21-20(22)17-11-4-2-7-13(17)15-9-5-8-14-12-6-1-3-10-16(12)19-18(14)15;2-1-3/h1-11,19H;1-3H. The Morgan fingerprint density at radius 1 is 0.840 bits per heavy atom. The third kappa shape index (κ3) is 3.10. The summed E-state index contributed by atoms with van der Waals surface area (Å²) < 4.78 is 0. The average molecular weight is 334 g/mol. The number of hydrogen-bond acceptors (Lipinski definition) is 4. The maximum atomic E-state index is 11.3.